The summed E-state index contributed by atoms with van der Waals surface area (Å²) in [6, 6.07) is 13.3. The van der Waals surface area contributed by atoms with Crippen molar-refractivity contribution in [1.29, 1.82) is 0 Å². The predicted molar refractivity (Wildman–Crippen MR) is 78.5 cm³/mol. The first-order valence-corrected chi connectivity index (χ1v) is 6.74. The van der Waals surface area contributed by atoms with E-state index in [2.05, 4.69) is 15.9 Å². The summed E-state index contributed by atoms with van der Waals surface area (Å²) in [5.74, 6) is 0.645. The number of furan rings is 1. The van der Waals surface area contributed by atoms with E-state index in [1.165, 1.54) is 0 Å². The van der Waals surface area contributed by atoms with E-state index in [0.717, 1.165) is 15.2 Å². The Hall–Kier alpha value is -1.87. The number of halogens is 1. The fraction of sp³-hybridized carbons (Fsp3) is 0.0625. The number of hydrogen-bond donors (Lipinski definition) is 0. The van der Waals surface area contributed by atoms with Gasteiger partial charge in [-0.25, -0.2) is 0 Å². The molecule has 0 bridgehead atoms. The first-order valence-electron chi connectivity index (χ1n) is 5.94. The average molecular weight is 315 g/mol. The first kappa shape index (κ1) is 12.2. The van der Waals surface area contributed by atoms with Crippen LogP contribution in [0.1, 0.15) is 21.7 Å². The van der Waals surface area contributed by atoms with Gasteiger partial charge in [-0.1, -0.05) is 40.2 Å². The smallest absolute Gasteiger partial charge is 0.197 e. The number of benzene rings is 2. The van der Waals surface area contributed by atoms with Crippen molar-refractivity contribution in [3.8, 4) is 0 Å². The maximum atomic E-state index is 12.6. The zero-order valence-electron chi connectivity index (χ0n) is 10.3. The third-order valence-electron chi connectivity index (χ3n) is 3.22. The minimum Gasteiger partial charge on any atom is -0.469 e. The molecule has 0 amide bonds. The third-order valence-corrected chi connectivity index (χ3v) is 3.91. The standard InChI is InChI=1S/C16H11BrO2/c1-10-11(8-9-19-10)16(18)14-6-7-15(17)13-5-3-2-4-12(13)14/h2-9H,1H3. The van der Waals surface area contributed by atoms with E-state index in [9.17, 15) is 4.79 Å². The van der Waals surface area contributed by atoms with Crippen LogP contribution in [0.5, 0.6) is 0 Å². The lowest BCUT2D eigenvalue weighted by molar-refractivity contribution is 0.103. The van der Waals surface area contributed by atoms with Gasteiger partial charge in [-0.05, 0) is 35.9 Å². The maximum absolute atomic E-state index is 12.6. The lowest BCUT2D eigenvalue weighted by atomic mass is 9.97. The van der Waals surface area contributed by atoms with Crippen LogP contribution in [0.4, 0.5) is 0 Å². The molecule has 0 N–H and O–H groups in total. The highest BCUT2D eigenvalue weighted by molar-refractivity contribution is 9.10. The summed E-state index contributed by atoms with van der Waals surface area (Å²) < 4.78 is 6.20. The molecule has 0 unspecified atom stereocenters. The molecule has 2 nitrogen and oxygen atoms in total. The monoisotopic (exact) mass is 314 g/mol. The van der Waals surface area contributed by atoms with Gasteiger partial charge in [0.15, 0.2) is 5.78 Å². The maximum Gasteiger partial charge on any atom is 0.197 e. The quantitative estimate of drug-likeness (QED) is 0.640. The average Bonchev–Trinajstić information content (AvgIpc) is 2.85. The van der Waals surface area contributed by atoms with Gasteiger partial charge in [0.25, 0.3) is 0 Å². The molecule has 0 spiro atoms. The highest BCUT2D eigenvalue weighted by Gasteiger charge is 2.16. The Balaban J connectivity index is 2.24. The molecule has 2 aromatic carbocycles. The minimum absolute atomic E-state index is 0.00468. The van der Waals surface area contributed by atoms with Crippen LogP contribution in [0.2, 0.25) is 0 Å². The fourth-order valence-electron chi connectivity index (χ4n) is 2.23. The predicted octanol–water partition coefficient (Wildman–Crippen LogP) is 4.73. The van der Waals surface area contributed by atoms with Crippen molar-refractivity contribution >= 4 is 32.5 Å². The molecule has 0 aliphatic heterocycles. The van der Waals surface area contributed by atoms with Crippen molar-refractivity contribution in [2.24, 2.45) is 0 Å². The van der Waals surface area contributed by atoms with Crippen LogP contribution in [-0.2, 0) is 0 Å². The van der Waals surface area contributed by atoms with Crippen LogP contribution >= 0.6 is 15.9 Å². The fourth-order valence-corrected chi connectivity index (χ4v) is 2.70. The molecular weight excluding hydrogens is 304 g/mol. The largest absolute Gasteiger partial charge is 0.469 e. The Labute approximate surface area is 119 Å². The summed E-state index contributed by atoms with van der Waals surface area (Å²) in [4.78, 5) is 12.6. The van der Waals surface area contributed by atoms with Crippen molar-refractivity contribution in [3.05, 3.63) is 70.1 Å². The Bertz CT molecular complexity index is 771. The molecule has 19 heavy (non-hydrogen) atoms. The van der Waals surface area contributed by atoms with Crippen LogP contribution < -0.4 is 0 Å². The minimum atomic E-state index is -0.00468. The number of ketones is 1. The molecular formula is C16H11BrO2. The first-order chi connectivity index (χ1) is 9.18. The summed E-state index contributed by atoms with van der Waals surface area (Å²) in [5.41, 5.74) is 1.32. The number of rotatable bonds is 2. The van der Waals surface area contributed by atoms with Crippen LogP contribution in [-0.4, -0.2) is 5.78 Å². The molecule has 0 radical (unpaired) electrons. The van der Waals surface area contributed by atoms with Gasteiger partial charge in [-0.15, -0.1) is 0 Å². The Morgan fingerprint density at radius 3 is 2.42 bits per heavy atom. The van der Waals surface area contributed by atoms with E-state index in [-0.39, 0.29) is 5.78 Å². The zero-order chi connectivity index (χ0) is 13.4. The third kappa shape index (κ3) is 2.00. The second-order valence-corrected chi connectivity index (χ2v) is 5.21. The van der Waals surface area contributed by atoms with Crippen LogP contribution in [0.3, 0.4) is 0 Å². The molecule has 0 aliphatic carbocycles. The Morgan fingerprint density at radius 2 is 1.74 bits per heavy atom. The van der Waals surface area contributed by atoms with Gasteiger partial charge in [0.05, 0.1) is 11.8 Å². The summed E-state index contributed by atoms with van der Waals surface area (Å²) in [6.07, 6.45) is 1.55. The molecule has 0 saturated carbocycles. The highest BCUT2D eigenvalue weighted by Crippen LogP contribution is 2.28. The molecule has 0 saturated heterocycles. The van der Waals surface area contributed by atoms with Gasteiger partial charge < -0.3 is 4.42 Å². The van der Waals surface area contributed by atoms with Gasteiger partial charge in [0.1, 0.15) is 5.76 Å². The van der Waals surface area contributed by atoms with Crippen LogP contribution in [0.25, 0.3) is 10.8 Å². The van der Waals surface area contributed by atoms with Gasteiger partial charge in [0, 0.05) is 10.0 Å². The summed E-state index contributed by atoms with van der Waals surface area (Å²) >= 11 is 3.51. The van der Waals surface area contributed by atoms with Gasteiger partial charge in [0.2, 0.25) is 0 Å². The van der Waals surface area contributed by atoms with E-state index in [1.807, 2.05) is 36.4 Å². The van der Waals surface area contributed by atoms with E-state index < -0.39 is 0 Å². The molecule has 0 atom stereocenters. The molecule has 0 aliphatic rings. The van der Waals surface area contributed by atoms with Gasteiger partial charge in [-0.3, -0.25) is 4.79 Å². The lowest BCUT2D eigenvalue weighted by Gasteiger charge is -2.07. The van der Waals surface area contributed by atoms with Crippen molar-refractivity contribution in [2.75, 3.05) is 0 Å². The molecule has 3 aromatic rings. The van der Waals surface area contributed by atoms with Crippen LogP contribution in [0, 0.1) is 6.92 Å². The number of carbonyl (C=O) groups is 1. The molecule has 0 fully saturated rings. The number of carbonyl (C=O) groups excluding carboxylic acids is 1. The van der Waals surface area contributed by atoms with Crippen molar-refractivity contribution in [3.63, 3.8) is 0 Å². The molecule has 94 valence electrons. The zero-order valence-corrected chi connectivity index (χ0v) is 11.9. The molecule has 3 rings (SSSR count). The number of fused-ring (bicyclic) bond motifs is 1. The van der Waals surface area contributed by atoms with Gasteiger partial charge >= 0.3 is 0 Å². The number of aryl methyl sites for hydroxylation is 1. The van der Waals surface area contributed by atoms with Crippen molar-refractivity contribution < 1.29 is 9.21 Å². The Morgan fingerprint density at radius 1 is 1.00 bits per heavy atom. The summed E-state index contributed by atoms with van der Waals surface area (Å²) in [5, 5.41) is 1.98. The van der Waals surface area contributed by atoms with Crippen LogP contribution in [0.15, 0.2) is 57.6 Å². The number of hydrogen-bond acceptors (Lipinski definition) is 2. The lowest BCUT2D eigenvalue weighted by Crippen LogP contribution is -2.02. The molecule has 1 aromatic heterocycles. The topological polar surface area (TPSA) is 30.2 Å². The summed E-state index contributed by atoms with van der Waals surface area (Å²) in [7, 11) is 0. The highest BCUT2D eigenvalue weighted by atomic mass is 79.9. The Kier molecular flexibility index (Phi) is 2.99. The molecule has 1 heterocycles. The van der Waals surface area contributed by atoms with Crippen molar-refractivity contribution in [1.82, 2.24) is 0 Å². The van der Waals surface area contributed by atoms with Crippen molar-refractivity contribution in [2.45, 2.75) is 6.92 Å². The normalized spacial score (nSPS) is 10.8. The van der Waals surface area contributed by atoms with E-state index in [0.29, 0.717) is 16.9 Å². The second-order valence-electron chi connectivity index (χ2n) is 4.36. The van der Waals surface area contributed by atoms with Gasteiger partial charge in [-0.2, -0.15) is 0 Å². The summed E-state index contributed by atoms with van der Waals surface area (Å²) in [6.45, 7) is 1.80. The van der Waals surface area contributed by atoms with E-state index >= 15 is 0 Å². The molecule has 3 heteroatoms. The van der Waals surface area contributed by atoms with E-state index in [4.69, 9.17) is 4.42 Å². The second kappa shape index (κ2) is 4.67. The SMILES string of the molecule is Cc1occc1C(=O)c1ccc(Br)c2ccccc12. The van der Waals surface area contributed by atoms with E-state index in [1.54, 1.807) is 19.3 Å².